The number of hydrogen-bond donors (Lipinski definition) is 2. The van der Waals surface area contributed by atoms with Gasteiger partial charge in [0.25, 0.3) is 11.5 Å². The Hall–Kier alpha value is -2.49. The molecule has 8 nitrogen and oxygen atoms in total. The molecule has 0 radical (unpaired) electrons. The topological polar surface area (TPSA) is 109 Å². The van der Waals surface area contributed by atoms with Crippen molar-refractivity contribution in [3.05, 3.63) is 64.6 Å². The van der Waals surface area contributed by atoms with Crippen LogP contribution in [0.2, 0.25) is 0 Å². The van der Waals surface area contributed by atoms with E-state index in [1.54, 1.807) is 18.3 Å². The van der Waals surface area contributed by atoms with Crippen LogP contribution in [0.3, 0.4) is 0 Å². The Kier molecular flexibility index (Phi) is 6.83. The fourth-order valence-corrected chi connectivity index (χ4v) is 4.77. The molecule has 2 heterocycles. The van der Waals surface area contributed by atoms with Crippen molar-refractivity contribution in [3.63, 3.8) is 0 Å². The van der Waals surface area contributed by atoms with E-state index in [1.807, 2.05) is 0 Å². The summed E-state index contributed by atoms with van der Waals surface area (Å²) in [5, 5.41) is 12.7. The average molecular weight is 420 g/mol. The average Bonchev–Trinajstić information content (AvgIpc) is 2.74. The van der Waals surface area contributed by atoms with E-state index in [-0.39, 0.29) is 23.5 Å². The highest BCUT2D eigenvalue weighted by molar-refractivity contribution is 7.89. The van der Waals surface area contributed by atoms with E-state index in [1.165, 1.54) is 39.2 Å². The van der Waals surface area contributed by atoms with Gasteiger partial charge in [-0.25, -0.2) is 8.42 Å². The highest BCUT2D eigenvalue weighted by atomic mass is 32.2. The third-order valence-electron chi connectivity index (χ3n) is 4.87. The second kappa shape index (κ2) is 9.34. The second-order valence-corrected chi connectivity index (χ2v) is 8.98. The number of piperidine rings is 1. The van der Waals surface area contributed by atoms with Crippen LogP contribution in [0.25, 0.3) is 0 Å². The number of pyridine rings is 1. The van der Waals surface area contributed by atoms with Gasteiger partial charge in [0.05, 0.1) is 17.5 Å². The van der Waals surface area contributed by atoms with Gasteiger partial charge in [0, 0.05) is 37.5 Å². The first-order valence-electron chi connectivity index (χ1n) is 9.60. The van der Waals surface area contributed by atoms with Crippen LogP contribution in [0.1, 0.15) is 29.6 Å². The molecular weight excluding hydrogens is 394 g/mol. The summed E-state index contributed by atoms with van der Waals surface area (Å²) < 4.78 is 28.1. The molecule has 1 aromatic heterocycles. The second-order valence-electron chi connectivity index (χ2n) is 7.04. The fourth-order valence-electron chi connectivity index (χ4n) is 3.25. The molecule has 1 aromatic carbocycles. The molecular formula is C20H25N3O5S. The molecule has 0 bridgehead atoms. The Balaban J connectivity index is 1.57. The monoisotopic (exact) mass is 419 g/mol. The number of hydrogen-bond acceptors (Lipinski definition) is 5. The number of aliphatic hydroxyl groups excluding tert-OH is 1. The number of nitrogens with one attached hydrogen (secondary N) is 1. The minimum Gasteiger partial charge on any atom is -0.389 e. The van der Waals surface area contributed by atoms with Crippen molar-refractivity contribution in [3.8, 4) is 0 Å². The van der Waals surface area contributed by atoms with Gasteiger partial charge in [0.1, 0.15) is 0 Å². The van der Waals surface area contributed by atoms with Crippen molar-refractivity contribution >= 4 is 15.9 Å². The van der Waals surface area contributed by atoms with Crippen LogP contribution in [-0.4, -0.2) is 54.0 Å². The highest BCUT2D eigenvalue weighted by Crippen LogP contribution is 2.20. The van der Waals surface area contributed by atoms with Crippen molar-refractivity contribution in [2.75, 3.05) is 19.6 Å². The summed E-state index contributed by atoms with van der Waals surface area (Å²) in [6.45, 7) is 1.07. The Morgan fingerprint density at radius 1 is 1.07 bits per heavy atom. The standard InChI is InChI=1S/C20H25N3O5S/c24-17(15-22-11-5-2-6-19(22)25)14-21-20(26)16-7-9-18(10-8-16)29(27,28)23-12-3-1-4-13-23/h2,5-11,17,24H,1,3-4,12-15H2,(H,21,26). The maximum Gasteiger partial charge on any atom is 0.251 e. The largest absolute Gasteiger partial charge is 0.389 e. The SMILES string of the molecule is O=C(NCC(O)Cn1ccccc1=O)c1ccc(S(=O)(=O)N2CCCCC2)cc1. The number of aromatic nitrogens is 1. The summed E-state index contributed by atoms with van der Waals surface area (Å²) in [6.07, 6.45) is 3.39. The number of aliphatic hydroxyl groups is 1. The number of amides is 1. The Morgan fingerprint density at radius 3 is 2.41 bits per heavy atom. The van der Waals surface area contributed by atoms with Gasteiger partial charge in [-0.3, -0.25) is 9.59 Å². The van der Waals surface area contributed by atoms with Crippen molar-refractivity contribution in [2.45, 2.75) is 36.8 Å². The Morgan fingerprint density at radius 2 is 1.76 bits per heavy atom. The summed E-state index contributed by atoms with van der Waals surface area (Å²) in [7, 11) is -3.54. The predicted octanol–water partition coefficient (Wildman–Crippen LogP) is 0.814. The number of carbonyl (C=O) groups excluding carboxylic acids is 1. The normalized spacial score (nSPS) is 16.3. The fraction of sp³-hybridized carbons (Fsp3) is 0.400. The molecule has 2 N–H and O–H groups in total. The molecule has 9 heteroatoms. The van der Waals surface area contributed by atoms with Gasteiger partial charge in [0.2, 0.25) is 10.0 Å². The van der Waals surface area contributed by atoms with Crippen LogP contribution in [0, 0.1) is 0 Å². The molecule has 156 valence electrons. The zero-order chi connectivity index (χ0) is 20.9. The van der Waals surface area contributed by atoms with Crippen LogP contribution < -0.4 is 10.9 Å². The maximum atomic E-state index is 12.6. The lowest BCUT2D eigenvalue weighted by atomic mass is 10.2. The minimum atomic E-state index is -3.54. The molecule has 0 saturated carbocycles. The van der Waals surface area contributed by atoms with Crippen LogP contribution in [0.15, 0.2) is 58.4 Å². The van der Waals surface area contributed by atoms with E-state index in [9.17, 15) is 23.1 Å². The minimum absolute atomic E-state index is 0.0337. The summed E-state index contributed by atoms with van der Waals surface area (Å²) in [5.41, 5.74) is 0.0649. The molecule has 3 rings (SSSR count). The molecule has 0 aliphatic carbocycles. The first kappa shape index (κ1) is 21.2. The van der Waals surface area contributed by atoms with E-state index in [2.05, 4.69) is 5.32 Å². The number of rotatable bonds is 7. The zero-order valence-corrected chi connectivity index (χ0v) is 16.8. The van der Waals surface area contributed by atoms with Crippen LogP contribution >= 0.6 is 0 Å². The van der Waals surface area contributed by atoms with Gasteiger partial charge in [-0.05, 0) is 43.2 Å². The number of nitrogens with zero attached hydrogens (tertiary/aromatic N) is 2. The first-order valence-corrected chi connectivity index (χ1v) is 11.0. The molecule has 1 fully saturated rings. The lowest BCUT2D eigenvalue weighted by molar-refractivity contribution is 0.0903. The van der Waals surface area contributed by atoms with E-state index in [0.717, 1.165) is 19.3 Å². The predicted molar refractivity (Wildman–Crippen MR) is 108 cm³/mol. The van der Waals surface area contributed by atoms with Crippen LogP contribution in [-0.2, 0) is 16.6 Å². The van der Waals surface area contributed by atoms with Crippen molar-refractivity contribution in [1.29, 1.82) is 0 Å². The maximum absolute atomic E-state index is 12.6. The van der Waals surface area contributed by atoms with E-state index in [4.69, 9.17) is 0 Å². The summed E-state index contributed by atoms with van der Waals surface area (Å²) in [5.74, 6) is -0.425. The van der Waals surface area contributed by atoms with E-state index >= 15 is 0 Å². The van der Waals surface area contributed by atoms with Crippen molar-refractivity contribution < 1.29 is 18.3 Å². The number of sulfonamides is 1. The Labute approximate surface area is 169 Å². The summed E-state index contributed by atoms with van der Waals surface area (Å²) in [4.78, 5) is 24.1. The first-order chi connectivity index (χ1) is 13.9. The molecule has 0 spiro atoms. The van der Waals surface area contributed by atoms with Gasteiger partial charge < -0.3 is 15.0 Å². The third-order valence-corrected chi connectivity index (χ3v) is 6.79. The van der Waals surface area contributed by atoms with Gasteiger partial charge >= 0.3 is 0 Å². The quantitative estimate of drug-likeness (QED) is 0.691. The van der Waals surface area contributed by atoms with Crippen molar-refractivity contribution in [1.82, 2.24) is 14.2 Å². The van der Waals surface area contributed by atoms with Gasteiger partial charge in [-0.15, -0.1) is 0 Å². The third kappa shape index (κ3) is 5.31. The van der Waals surface area contributed by atoms with Crippen LogP contribution in [0.4, 0.5) is 0 Å². The van der Waals surface area contributed by atoms with Gasteiger partial charge in [0.15, 0.2) is 0 Å². The number of carbonyl (C=O) groups is 1. The Bertz CT molecular complexity index is 995. The summed E-state index contributed by atoms with van der Waals surface area (Å²) >= 11 is 0. The van der Waals surface area contributed by atoms with Crippen molar-refractivity contribution in [2.24, 2.45) is 0 Å². The molecule has 1 amide bonds. The molecule has 1 unspecified atom stereocenters. The van der Waals surface area contributed by atoms with E-state index in [0.29, 0.717) is 18.7 Å². The van der Waals surface area contributed by atoms with Crippen LogP contribution in [0.5, 0.6) is 0 Å². The molecule has 2 aromatic rings. The highest BCUT2D eigenvalue weighted by Gasteiger charge is 2.25. The molecule has 1 saturated heterocycles. The molecule has 29 heavy (non-hydrogen) atoms. The lowest BCUT2D eigenvalue weighted by Crippen LogP contribution is -2.36. The smallest absolute Gasteiger partial charge is 0.251 e. The lowest BCUT2D eigenvalue weighted by Gasteiger charge is -2.25. The molecule has 1 aliphatic heterocycles. The molecule has 1 atom stereocenters. The number of benzene rings is 1. The van der Waals surface area contributed by atoms with E-state index < -0.39 is 22.0 Å². The van der Waals surface area contributed by atoms with Gasteiger partial charge in [-0.2, -0.15) is 4.31 Å². The summed E-state index contributed by atoms with van der Waals surface area (Å²) in [6, 6.07) is 10.5. The molecule has 1 aliphatic rings. The zero-order valence-electron chi connectivity index (χ0n) is 16.0. The van der Waals surface area contributed by atoms with Gasteiger partial charge in [-0.1, -0.05) is 12.5 Å².